The van der Waals surface area contributed by atoms with E-state index in [0.29, 0.717) is 5.56 Å². The third kappa shape index (κ3) is 4.27. The molecule has 0 bridgehead atoms. The molecular weight excluding hydrogens is 269 g/mol. The Labute approximate surface area is 125 Å². The lowest BCUT2D eigenvalue weighted by Crippen LogP contribution is -2.47. The molecule has 2 atom stereocenters. The molecule has 1 aliphatic carbocycles. The number of carbonyl (C=O) groups is 1. The highest BCUT2D eigenvalue weighted by Gasteiger charge is 2.33. The molecule has 0 aromatic heterocycles. The minimum atomic E-state index is -0.965. The summed E-state index contributed by atoms with van der Waals surface area (Å²) in [4.78, 5) is 12.1. The number of carbonyl (C=O) groups excluding carboxylic acids is 1. The predicted octanol–water partition coefficient (Wildman–Crippen LogP) is 3.33. The van der Waals surface area contributed by atoms with Gasteiger partial charge in [0.1, 0.15) is 5.82 Å². The van der Waals surface area contributed by atoms with E-state index in [-0.39, 0.29) is 23.8 Å². The second kappa shape index (κ2) is 6.56. The Morgan fingerprint density at radius 2 is 2.24 bits per heavy atom. The second-order valence-electron chi connectivity index (χ2n) is 6.63. The molecule has 2 unspecified atom stereocenters. The van der Waals surface area contributed by atoms with Gasteiger partial charge in [-0.2, -0.15) is 0 Å². The molecular formula is C17H24FNO2. The van der Waals surface area contributed by atoms with Crippen LogP contribution in [-0.4, -0.2) is 17.1 Å². The van der Waals surface area contributed by atoms with Gasteiger partial charge in [-0.3, -0.25) is 4.79 Å². The van der Waals surface area contributed by atoms with Crippen LogP contribution in [0.1, 0.15) is 57.6 Å². The molecule has 1 saturated carbocycles. The fraction of sp³-hybridized carbons (Fsp3) is 0.588. The molecule has 4 heteroatoms. The van der Waals surface area contributed by atoms with Crippen LogP contribution < -0.4 is 5.32 Å². The molecule has 1 fully saturated rings. The molecule has 1 aromatic rings. The van der Waals surface area contributed by atoms with Gasteiger partial charge in [0.2, 0.25) is 5.91 Å². The molecule has 0 saturated heterocycles. The number of rotatable bonds is 4. The lowest BCUT2D eigenvalue weighted by Gasteiger charge is -2.39. The summed E-state index contributed by atoms with van der Waals surface area (Å²) in [5.74, 6) is -0.577. The van der Waals surface area contributed by atoms with Crippen LogP contribution in [0.3, 0.4) is 0 Å². The van der Waals surface area contributed by atoms with Gasteiger partial charge in [-0.1, -0.05) is 38.8 Å². The molecule has 0 spiro atoms. The monoisotopic (exact) mass is 293 g/mol. The number of hydrogen-bond donors (Lipinski definition) is 2. The summed E-state index contributed by atoms with van der Waals surface area (Å²) in [6, 6.07) is 5.91. The maximum Gasteiger partial charge on any atom is 0.223 e. The number of aliphatic hydroxyl groups excluding tert-OH is 1. The number of amides is 1. The standard InChI is InChI=1S/C17H24FNO2/c1-17(2)9-4-3-8-15(17)19-16(21)11-14(20)12-6-5-7-13(18)10-12/h5-7,10,14-15,20H,3-4,8-9,11H2,1-2H3,(H,19,21). The molecule has 21 heavy (non-hydrogen) atoms. The Balaban J connectivity index is 1.92. The van der Waals surface area contributed by atoms with Crippen LogP contribution >= 0.6 is 0 Å². The average molecular weight is 293 g/mol. The number of benzene rings is 1. The van der Waals surface area contributed by atoms with Gasteiger partial charge in [-0.25, -0.2) is 4.39 Å². The van der Waals surface area contributed by atoms with Gasteiger partial charge < -0.3 is 10.4 Å². The van der Waals surface area contributed by atoms with Crippen molar-refractivity contribution in [3.8, 4) is 0 Å². The van der Waals surface area contributed by atoms with Crippen LogP contribution in [0.4, 0.5) is 4.39 Å². The van der Waals surface area contributed by atoms with Gasteiger partial charge >= 0.3 is 0 Å². The molecule has 0 heterocycles. The van der Waals surface area contributed by atoms with E-state index in [2.05, 4.69) is 19.2 Å². The van der Waals surface area contributed by atoms with Gasteiger partial charge in [0.05, 0.1) is 12.5 Å². The van der Waals surface area contributed by atoms with Crippen molar-refractivity contribution in [3.05, 3.63) is 35.6 Å². The smallest absolute Gasteiger partial charge is 0.223 e. The molecule has 1 aromatic carbocycles. The Hall–Kier alpha value is -1.42. The molecule has 0 aliphatic heterocycles. The van der Waals surface area contributed by atoms with Crippen molar-refractivity contribution >= 4 is 5.91 Å². The first-order chi connectivity index (χ1) is 9.88. The number of nitrogens with one attached hydrogen (secondary N) is 1. The number of hydrogen-bond acceptors (Lipinski definition) is 2. The zero-order valence-corrected chi connectivity index (χ0v) is 12.7. The Morgan fingerprint density at radius 1 is 1.48 bits per heavy atom. The van der Waals surface area contributed by atoms with Crippen LogP contribution in [0.25, 0.3) is 0 Å². The predicted molar refractivity (Wildman–Crippen MR) is 80.2 cm³/mol. The summed E-state index contributed by atoms with van der Waals surface area (Å²) < 4.78 is 13.1. The topological polar surface area (TPSA) is 49.3 Å². The number of halogens is 1. The van der Waals surface area contributed by atoms with Gasteiger partial charge in [-0.05, 0) is 36.0 Å². The van der Waals surface area contributed by atoms with Gasteiger partial charge in [0.15, 0.2) is 0 Å². The van der Waals surface area contributed by atoms with E-state index in [0.717, 1.165) is 19.3 Å². The molecule has 116 valence electrons. The van der Waals surface area contributed by atoms with Crippen molar-refractivity contribution in [3.63, 3.8) is 0 Å². The van der Waals surface area contributed by atoms with Crippen molar-refractivity contribution in [1.82, 2.24) is 5.32 Å². The maximum atomic E-state index is 13.1. The van der Waals surface area contributed by atoms with Gasteiger partial charge in [0.25, 0.3) is 0 Å². The third-order valence-electron chi connectivity index (χ3n) is 4.45. The highest BCUT2D eigenvalue weighted by Crippen LogP contribution is 2.35. The van der Waals surface area contributed by atoms with E-state index in [1.54, 1.807) is 6.07 Å². The normalized spacial score (nSPS) is 22.6. The summed E-state index contributed by atoms with van der Waals surface area (Å²) in [6.45, 7) is 4.33. The summed E-state index contributed by atoms with van der Waals surface area (Å²) in [5, 5.41) is 13.1. The minimum Gasteiger partial charge on any atom is -0.388 e. The van der Waals surface area contributed by atoms with Gasteiger partial charge in [0, 0.05) is 6.04 Å². The van der Waals surface area contributed by atoms with E-state index in [1.807, 2.05) is 0 Å². The van der Waals surface area contributed by atoms with Crippen molar-refractivity contribution < 1.29 is 14.3 Å². The molecule has 2 N–H and O–H groups in total. The quantitative estimate of drug-likeness (QED) is 0.894. The molecule has 3 nitrogen and oxygen atoms in total. The second-order valence-corrected chi connectivity index (χ2v) is 6.63. The van der Waals surface area contributed by atoms with E-state index >= 15 is 0 Å². The van der Waals surface area contributed by atoms with Crippen LogP contribution in [0, 0.1) is 11.2 Å². The van der Waals surface area contributed by atoms with E-state index in [4.69, 9.17) is 0 Å². The lowest BCUT2D eigenvalue weighted by atomic mass is 9.73. The summed E-state index contributed by atoms with van der Waals surface area (Å²) >= 11 is 0. The van der Waals surface area contributed by atoms with Crippen LogP contribution in [0.15, 0.2) is 24.3 Å². The first-order valence-electron chi connectivity index (χ1n) is 7.61. The third-order valence-corrected chi connectivity index (χ3v) is 4.45. The zero-order chi connectivity index (χ0) is 15.5. The largest absolute Gasteiger partial charge is 0.388 e. The Bertz CT molecular complexity index is 501. The van der Waals surface area contributed by atoms with E-state index in [1.165, 1.54) is 24.6 Å². The average Bonchev–Trinajstić information content (AvgIpc) is 2.41. The van der Waals surface area contributed by atoms with Crippen LogP contribution in [0.5, 0.6) is 0 Å². The SMILES string of the molecule is CC1(C)CCCCC1NC(=O)CC(O)c1cccc(F)c1. The summed E-state index contributed by atoms with van der Waals surface area (Å²) in [5.41, 5.74) is 0.533. The summed E-state index contributed by atoms with van der Waals surface area (Å²) in [7, 11) is 0. The fourth-order valence-electron chi connectivity index (χ4n) is 3.02. The highest BCUT2D eigenvalue weighted by atomic mass is 19.1. The van der Waals surface area contributed by atoms with E-state index in [9.17, 15) is 14.3 Å². The molecule has 1 aliphatic rings. The first kappa shape index (κ1) is 16.0. The van der Waals surface area contributed by atoms with Crippen molar-refractivity contribution in [2.24, 2.45) is 5.41 Å². The van der Waals surface area contributed by atoms with E-state index < -0.39 is 11.9 Å². The molecule has 1 amide bonds. The maximum absolute atomic E-state index is 13.1. The first-order valence-corrected chi connectivity index (χ1v) is 7.61. The van der Waals surface area contributed by atoms with Crippen molar-refractivity contribution in [2.75, 3.05) is 0 Å². The lowest BCUT2D eigenvalue weighted by molar-refractivity contribution is -0.125. The van der Waals surface area contributed by atoms with Crippen LogP contribution in [-0.2, 0) is 4.79 Å². The Morgan fingerprint density at radius 3 is 2.90 bits per heavy atom. The Kier molecular flexibility index (Phi) is 4.99. The van der Waals surface area contributed by atoms with Crippen LogP contribution in [0.2, 0.25) is 0 Å². The highest BCUT2D eigenvalue weighted by molar-refractivity contribution is 5.77. The van der Waals surface area contributed by atoms with Crippen molar-refractivity contribution in [1.29, 1.82) is 0 Å². The summed E-state index contributed by atoms with van der Waals surface area (Å²) in [6.07, 6.45) is 3.41. The fourth-order valence-corrected chi connectivity index (χ4v) is 3.02. The van der Waals surface area contributed by atoms with Gasteiger partial charge in [-0.15, -0.1) is 0 Å². The molecule has 2 rings (SSSR count). The van der Waals surface area contributed by atoms with Crippen molar-refractivity contribution in [2.45, 2.75) is 58.1 Å². The number of aliphatic hydroxyl groups is 1. The minimum absolute atomic E-state index is 0.0317. The zero-order valence-electron chi connectivity index (χ0n) is 12.7. The molecule has 0 radical (unpaired) electrons.